The van der Waals surface area contributed by atoms with E-state index in [2.05, 4.69) is 5.10 Å². The number of hydrogen-bond donors (Lipinski definition) is 1. The molecule has 6 heteroatoms. The van der Waals surface area contributed by atoms with Gasteiger partial charge >= 0.3 is 0 Å². The van der Waals surface area contributed by atoms with Crippen molar-refractivity contribution in [3.63, 3.8) is 0 Å². The average molecular weight is 278 g/mol. The Bertz CT molecular complexity index is 370. The maximum atomic E-state index is 14.6. The number of halogens is 2. The van der Waals surface area contributed by atoms with Gasteiger partial charge in [-0.1, -0.05) is 25.4 Å². The van der Waals surface area contributed by atoms with Crippen LogP contribution in [0.3, 0.4) is 0 Å². The highest BCUT2D eigenvalue weighted by atomic mass is 35.5. The Balaban J connectivity index is 2.95. The standard InChI is InChI=1S/C12H21ClFN3O/c1-8(2)9(6-15)11(14)12-10(13)7-16-17(12)4-5-18-3/h7-9,11H,4-6,15H2,1-3H3. The van der Waals surface area contributed by atoms with E-state index in [-0.39, 0.29) is 18.4 Å². The van der Waals surface area contributed by atoms with Gasteiger partial charge in [0.25, 0.3) is 0 Å². The maximum absolute atomic E-state index is 14.6. The first-order valence-electron chi connectivity index (χ1n) is 6.07. The van der Waals surface area contributed by atoms with E-state index in [0.29, 0.717) is 23.9 Å². The molecule has 0 fully saturated rings. The normalized spacial score (nSPS) is 15.1. The molecule has 0 aliphatic rings. The van der Waals surface area contributed by atoms with Crippen LogP contribution in [0, 0.1) is 11.8 Å². The number of aromatic nitrogens is 2. The molecule has 0 spiro atoms. The van der Waals surface area contributed by atoms with Gasteiger partial charge in [-0.25, -0.2) is 4.39 Å². The van der Waals surface area contributed by atoms with Crippen LogP contribution in [-0.4, -0.2) is 30.0 Å². The third-order valence-corrected chi connectivity index (χ3v) is 3.40. The van der Waals surface area contributed by atoms with Gasteiger partial charge < -0.3 is 10.5 Å². The number of hydrogen-bond acceptors (Lipinski definition) is 3. The van der Waals surface area contributed by atoms with Crippen LogP contribution in [-0.2, 0) is 11.3 Å². The smallest absolute Gasteiger partial charge is 0.147 e. The van der Waals surface area contributed by atoms with E-state index in [9.17, 15) is 4.39 Å². The van der Waals surface area contributed by atoms with Gasteiger partial charge in [-0.15, -0.1) is 0 Å². The van der Waals surface area contributed by atoms with E-state index in [1.54, 1.807) is 11.8 Å². The molecule has 0 aromatic carbocycles. The van der Waals surface area contributed by atoms with Crippen LogP contribution in [0.1, 0.15) is 25.7 Å². The summed E-state index contributed by atoms with van der Waals surface area (Å²) >= 11 is 6.02. The second kappa shape index (κ2) is 7.07. The van der Waals surface area contributed by atoms with Crippen molar-refractivity contribution in [1.29, 1.82) is 0 Å². The summed E-state index contributed by atoms with van der Waals surface area (Å²) in [6, 6.07) is 0. The largest absolute Gasteiger partial charge is 0.383 e. The van der Waals surface area contributed by atoms with E-state index in [1.807, 2.05) is 13.8 Å². The molecule has 0 saturated carbocycles. The third kappa shape index (κ3) is 3.43. The average Bonchev–Trinajstić information content (AvgIpc) is 2.68. The molecule has 0 bridgehead atoms. The molecule has 1 heterocycles. The fraction of sp³-hybridized carbons (Fsp3) is 0.750. The Morgan fingerprint density at radius 1 is 1.56 bits per heavy atom. The van der Waals surface area contributed by atoms with Gasteiger partial charge in [-0.3, -0.25) is 4.68 Å². The van der Waals surface area contributed by atoms with Crippen molar-refractivity contribution in [2.45, 2.75) is 26.6 Å². The summed E-state index contributed by atoms with van der Waals surface area (Å²) in [7, 11) is 1.59. The van der Waals surface area contributed by atoms with E-state index < -0.39 is 6.17 Å². The fourth-order valence-corrected chi connectivity index (χ4v) is 2.18. The topological polar surface area (TPSA) is 53.1 Å². The Morgan fingerprint density at radius 3 is 2.72 bits per heavy atom. The Kier molecular flexibility index (Phi) is 6.05. The van der Waals surface area contributed by atoms with Crippen LogP contribution in [0.2, 0.25) is 5.02 Å². The third-order valence-electron chi connectivity index (χ3n) is 3.11. The molecule has 1 rings (SSSR count). The van der Waals surface area contributed by atoms with E-state index in [1.165, 1.54) is 6.20 Å². The molecule has 104 valence electrons. The molecule has 0 radical (unpaired) electrons. The van der Waals surface area contributed by atoms with Gasteiger partial charge in [-0.2, -0.15) is 5.10 Å². The summed E-state index contributed by atoms with van der Waals surface area (Å²) in [6.45, 7) is 5.13. The molecule has 2 unspecified atom stereocenters. The van der Waals surface area contributed by atoms with Crippen LogP contribution in [0.4, 0.5) is 4.39 Å². The summed E-state index contributed by atoms with van der Waals surface area (Å²) in [5.41, 5.74) is 6.04. The van der Waals surface area contributed by atoms with Crippen molar-refractivity contribution >= 4 is 11.6 Å². The summed E-state index contributed by atoms with van der Waals surface area (Å²) < 4.78 is 21.1. The van der Waals surface area contributed by atoms with E-state index >= 15 is 0 Å². The van der Waals surface area contributed by atoms with Crippen LogP contribution in [0.5, 0.6) is 0 Å². The molecule has 0 aliphatic carbocycles. The number of alkyl halides is 1. The van der Waals surface area contributed by atoms with Crippen LogP contribution in [0.25, 0.3) is 0 Å². The monoisotopic (exact) mass is 277 g/mol. The first kappa shape index (κ1) is 15.4. The molecule has 0 amide bonds. The maximum Gasteiger partial charge on any atom is 0.147 e. The lowest BCUT2D eigenvalue weighted by Crippen LogP contribution is -2.26. The molecular formula is C12H21ClFN3O. The lowest BCUT2D eigenvalue weighted by molar-refractivity contribution is 0.160. The molecule has 18 heavy (non-hydrogen) atoms. The minimum atomic E-state index is -1.21. The van der Waals surface area contributed by atoms with Crippen molar-refractivity contribution in [1.82, 2.24) is 9.78 Å². The predicted molar refractivity (Wildman–Crippen MR) is 70.3 cm³/mol. The summed E-state index contributed by atoms with van der Waals surface area (Å²) in [5, 5.41) is 4.42. The zero-order valence-corrected chi connectivity index (χ0v) is 11.8. The Hall–Kier alpha value is -0.650. The zero-order chi connectivity index (χ0) is 13.7. The van der Waals surface area contributed by atoms with E-state index in [4.69, 9.17) is 22.1 Å². The highest BCUT2D eigenvalue weighted by Gasteiger charge is 2.29. The zero-order valence-electron chi connectivity index (χ0n) is 11.1. The number of rotatable bonds is 7. The summed E-state index contributed by atoms with van der Waals surface area (Å²) in [4.78, 5) is 0. The minimum absolute atomic E-state index is 0.145. The van der Waals surface area contributed by atoms with E-state index in [0.717, 1.165) is 0 Å². The molecular weight excluding hydrogens is 257 g/mol. The molecule has 1 aromatic rings. The number of nitrogens with two attached hydrogens (primary N) is 1. The quantitative estimate of drug-likeness (QED) is 0.833. The first-order chi connectivity index (χ1) is 8.52. The van der Waals surface area contributed by atoms with Crippen molar-refractivity contribution < 1.29 is 9.13 Å². The molecule has 0 aliphatic heterocycles. The van der Waals surface area contributed by atoms with Gasteiger partial charge in [0.1, 0.15) is 6.17 Å². The van der Waals surface area contributed by atoms with Crippen LogP contribution in [0.15, 0.2) is 6.20 Å². The molecule has 2 atom stereocenters. The van der Waals surface area contributed by atoms with Gasteiger partial charge in [0, 0.05) is 13.0 Å². The van der Waals surface area contributed by atoms with Gasteiger partial charge in [0.15, 0.2) is 0 Å². The lowest BCUT2D eigenvalue weighted by Gasteiger charge is -2.24. The fourth-order valence-electron chi connectivity index (χ4n) is 1.93. The van der Waals surface area contributed by atoms with Crippen LogP contribution < -0.4 is 5.73 Å². The van der Waals surface area contributed by atoms with Crippen LogP contribution >= 0.6 is 11.6 Å². The number of methoxy groups -OCH3 is 1. The predicted octanol–water partition coefficient (Wildman–Crippen LogP) is 2.42. The second-order valence-electron chi connectivity index (χ2n) is 4.64. The molecule has 2 N–H and O–H groups in total. The van der Waals surface area contributed by atoms with Crippen molar-refractivity contribution in [3.8, 4) is 0 Å². The number of nitrogens with zero attached hydrogens (tertiary/aromatic N) is 2. The highest BCUT2D eigenvalue weighted by Crippen LogP contribution is 2.34. The van der Waals surface area contributed by atoms with Gasteiger partial charge in [0.2, 0.25) is 0 Å². The van der Waals surface area contributed by atoms with Crippen molar-refractivity contribution in [2.24, 2.45) is 17.6 Å². The SMILES string of the molecule is COCCn1ncc(Cl)c1C(F)C(CN)C(C)C. The van der Waals surface area contributed by atoms with Gasteiger partial charge in [-0.05, 0) is 12.5 Å². The van der Waals surface area contributed by atoms with Crippen molar-refractivity contribution in [3.05, 3.63) is 16.9 Å². The molecule has 0 saturated heterocycles. The summed E-state index contributed by atoms with van der Waals surface area (Å²) in [6.07, 6.45) is 0.259. The number of ether oxygens (including phenoxy) is 1. The molecule has 1 aromatic heterocycles. The summed E-state index contributed by atoms with van der Waals surface area (Å²) in [5.74, 6) is -0.118. The molecule has 4 nitrogen and oxygen atoms in total. The highest BCUT2D eigenvalue weighted by molar-refractivity contribution is 6.31. The van der Waals surface area contributed by atoms with Crippen molar-refractivity contribution in [2.75, 3.05) is 20.3 Å². The lowest BCUT2D eigenvalue weighted by atomic mass is 9.89. The Labute approximate surface area is 112 Å². The first-order valence-corrected chi connectivity index (χ1v) is 6.45. The van der Waals surface area contributed by atoms with Gasteiger partial charge in [0.05, 0.1) is 30.1 Å². The Morgan fingerprint density at radius 2 is 2.22 bits per heavy atom. The minimum Gasteiger partial charge on any atom is -0.383 e. The second-order valence-corrected chi connectivity index (χ2v) is 5.05.